The molecule has 1 spiro atoms. The van der Waals surface area contributed by atoms with Gasteiger partial charge in [0.05, 0.1) is 30.8 Å². The van der Waals surface area contributed by atoms with E-state index in [0.29, 0.717) is 49.2 Å². The third-order valence-corrected chi connectivity index (χ3v) is 12.2. The number of aromatic nitrogens is 1. The molecular formula is C34H38ClN3O5S2. The molecule has 2 aromatic carbocycles. The minimum Gasteiger partial charge on any atom is -0.490 e. The van der Waals surface area contributed by atoms with Crippen molar-refractivity contribution in [3.63, 3.8) is 0 Å². The van der Waals surface area contributed by atoms with Gasteiger partial charge in [0.1, 0.15) is 10.8 Å². The number of nitrogens with one attached hydrogen (secondary N) is 1. The molecule has 1 saturated carbocycles. The summed E-state index contributed by atoms with van der Waals surface area (Å²) in [5, 5.41) is 3.64. The van der Waals surface area contributed by atoms with Crippen LogP contribution < -0.4 is 14.4 Å². The molecule has 1 aromatic heterocycles. The number of sulfonamides is 1. The molecule has 1 N–H and O–H groups in total. The normalized spacial score (nSPS) is 28.5. The molecular weight excluding hydrogens is 630 g/mol. The molecule has 4 aliphatic rings. The van der Waals surface area contributed by atoms with Crippen molar-refractivity contribution in [1.29, 1.82) is 0 Å². The topological polar surface area (TPSA) is 97.8 Å². The van der Waals surface area contributed by atoms with Gasteiger partial charge in [-0.1, -0.05) is 29.8 Å². The van der Waals surface area contributed by atoms with E-state index in [-0.39, 0.29) is 17.3 Å². The summed E-state index contributed by atoms with van der Waals surface area (Å²) in [5.74, 6) is 0.643. The molecule has 0 unspecified atom stereocenters. The Hall–Kier alpha value is -2.92. The maximum atomic E-state index is 13.2. The lowest BCUT2D eigenvalue weighted by Gasteiger charge is -2.46. The molecule has 3 heterocycles. The fourth-order valence-electron chi connectivity index (χ4n) is 7.48. The number of rotatable bonds is 3. The molecule has 1 fully saturated rings. The molecule has 0 radical (unpaired) electrons. The second kappa shape index (κ2) is 12.7. The van der Waals surface area contributed by atoms with Gasteiger partial charge >= 0.3 is 0 Å². The van der Waals surface area contributed by atoms with Gasteiger partial charge in [0, 0.05) is 40.7 Å². The summed E-state index contributed by atoms with van der Waals surface area (Å²) < 4.78 is 41.0. The lowest BCUT2D eigenvalue weighted by molar-refractivity contribution is -0.0226. The highest BCUT2D eigenvalue weighted by molar-refractivity contribution is 7.90. The molecule has 1 amide bonds. The predicted octanol–water partition coefficient (Wildman–Crippen LogP) is 6.29. The Morgan fingerprint density at radius 2 is 2.09 bits per heavy atom. The van der Waals surface area contributed by atoms with E-state index in [1.54, 1.807) is 29.7 Å². The number of allylic oxidation sites excluding steroid dienone is 1. The Kier molecular flexibility index (Phi) is 8.67. The molecule has 7 rings (SSSR count). The Labute approximate surface area is 273 Å². The van der Waals surface area contributed by atoms with E-state index in [1.165, 1.54) is 11.1 Å². The number of benzene rings is 2. The van der Waals surface area contributed by atoms with Crippen molar-refractivity contribution in [3.8, 4) is 5.75 Å². The second-order valence-electron chi connectivity index (χ2n) is 12.8. The summed E-state index contributed by atoms with van der Waals surface area (Å²) in [4.78, 5) is 20.0. The van der Waals surface area contributed by atoms with Crippen molar-refractivity contribution in [3.05, 3.63) is 86.8 Å². The molecule has 4 atom stereocenters. The first-order valence-corrected chi connectivity index (χ1v) is 18.7. The quantitative estimate of drug-likeness (QED) is 0.328. The Balaban J connectivity index is 1.26. The minimum atomic E-state index is -3.80. The van der Waals surface area contributed by atoms with Gasteiger partial charge in [-0.3, -0.25) is 4.79 Å². The summed E-state index contributed by atoms with van der Waals surface area (Å²) >= 11 is 8.01. The number of aryl methyl sites for hydroxylation is 1. The second-order valence-corrected chi connectivity index (χ2v) is 16.1. The zero-order chi connectivity index (χ0) is 31.0. The number of halogens is 1. The number of carbonyl (C=O) groups excluding carboxylic acids is 1. The number of fused-ring (bicyclic) bond motifs is 4. The Bertz CT molecular complexity index is 1700. The largest absolute Gasteiger partial charge is 0.490 e. The van der Waals surface area contributed by atoms with Gasteiger partial charge in [0.2, 0.25) is 10.0 Å². The number of thiazole rings is 1. The first-order chi connectivity index (χ1) is 21.8. The number of hydrogen-bond acceptors (Lipinski definition) is 8. The molecule has 238 valence electrons. The lowest BCUT2D eigenvalue weighted by Crippen LogP contribution is -2.49. The number of carbonyl (C=O) groups is 1. The highest BCUT2D eigenvalue weighted by atomic mass is 35.5. The van der Waals surface area contributed by atoms with Crippen LogP contribution in [-0.2, 0) is 33.2 Å². The zero-order valence-electron chi connectivity index (χ0n) is 25.1. The number of anilines is 1. The maximum absolute atomic E-state index is 13.2. The molecule has 11 heteroatoms. The van der Waals surface area contributed by atoms with Gasteiger partial charge in [-0.2, -0.15) is 0 Å². The van der Waals surface area contributed by atoms with E-state index >= 15 is 0 Å². The van der Waals surface area contributed by atoms with Crippen LogP contribution in [0.4, 0.5) is 5.69 Å². The van der Waals surface area contributed by atoms with E-state index in [0.717, 1.165) is 60.9 Å². The van der Waals surface area contributed by atoms with Gasteiger partial charge < -0.3 is 14.4 Å². The number of amides is 1. The Morgan fingerprint density at radius 1 is 1.18 bits per heavy atom. The molecule has 45 heavy (non-hydrogen) atoms. The van der Waals surface area contributed by atoms with Gasteiger partial charge in [-0.15, -0.1) is 11.3 Å². The zero-order valence-corrected chi connectivity index (χ0v) is 27.5. The molecule has 0 saturated heterocycles. The standard InChI is InChI=1S/C34H38ClN3O5S2/c35-26-9-11-28-23(17-26)5-4-13-34(28)21-38-19-25-7-10-27(25)30(42-20-32-36-14-15-44-32)6-2-1-3-16-45(40,41)37-33(39)24-8-12-31(43-22-34)29(38)18-24/h2,6,8-9,11-12,14-15,17-18,25,27,30H,1,3-5,7,10,13,16,19-22H2,(H,37,39)/b6-2-/t25-,27+,30+,34-/m0/s1. The number of hydrogen-bond donors (Lipinski definition) is 1. The van der Waals surface area contributed by atoms with Crippen LogP contribution in [-0.4, -0.2) is 50.9 Å². The lowest BCUT2D eigenvalue weighted by atomic mass is 9.68. The molecule has 8 nitrogen and oxygen atoms in total. The molecule has 2 bridgehead atoms. The predicted molar refractivity (Wildman–Crippen MR) is 177 cm³/mol. The Morgan fingerprint density at radius 3 is 2.91 bits per heavy atom. The van der Waals surface area contributed by atoms with Crippen LogP contribution >= 0.6 is 22.9 Å². The van der Waals surface area contributed by atoms with Gasteiger partial charge in [0.25, 0.3) is 5.91 Å². The summed E-state index contributed by atoms with van der Waals surface area (Å²) in [6.07, 6.45) is 12.0. The van der Waals surface area contributed by atoms with E-state index in [2.05, 4.69) is 32.8 Å². The van der Waals surface area contributed by atoms with Crippen LogP contribution in [0.15, 0.2) is 60.1 Å². The van der Waals surface area contributed by atoms with Gasteiger partial charge in [-0.05, 0) is 98.2 Å². The van der Waals surface area contributed by atoms with Gasteiger partial charge in [0.15, 0.2) is 0 Å². The highest BCUT2D eigenvalue weighted by Crippen LogP contribution is 2.47. The average molecular weight is 668 g/mol. The fourth-order valence-corrected chi connectivity index (χ4v) is 9.26. The molecule has 3 aromatic rings. The van der Waals surface area contributed by atoms with Crippen LogP contribution in [0, 0.1) is 11.8 Å². The number of ether oxygens (including phenoxy) is 2. The van der Waals surface area contributed by atoms with Crippen molar-refractivity contribution in [1.82, 2.24) is 9.71 Å². The smallest absolute Gasteiger partial charge is 0.264 e. The minimum absolute atomic E-state index is 0.0996. The van der Waals surface area contributed by atoms with Crippen LogP contribution in [0.3, 0.4) is 0 Å². The van der Waals surface area contributed by atoms with Crippen molar-refractivity contribution in [2.24, 2.45) is 11.8 Å². The molecule has 2 aliphatic carbocycles. The maximum Gasteiger partial charge on any atom is 0.264 e. The summed E-state index contributed by atoms with van der Waals surface area (Å²) in [5.41, 5.74) is 3.43. The van der Waals surface area contributed by atoms with Crippen molar-refractivity contribution in [2.75, 3.05) is 30.3 Å². The van der Waals surface area contributed by atoms with Crippen LogP contribution in [0.2, 0.25) is 5.02 Å². The van der Waals surface area contributed by atoms with Crippen LogP contribution in [0.1, 0.15) is 65.0 Å². The first kappa shape index (κ1) is 30.7. The monoisotopic (exact) mass is 667 g/mol. The van der Waals surface area contributed by atoms with Crippen molar-refractivity contribution < 1.29 is 22.7 Å². The van der Waals surface area contributed by atoms with Crippen LogP contribution in [0.25, 0.3) is 0 Å². The third-order valence-electron chi connectivity index (χ3n) is 9.89. The van der Waals surface area contributed by atoms with Crippen molar-refractivity contribution >= 4 is 44.6 Å². The highest BCUT2D eigenvalue weighted by Gasteiger charge is 2.44. The van der Waals surface area contributed by atoms with Crippen LogP contribution in [0.5, 0.6) is 5.75 Å². The van der Waals surface area contributed by atoms with E-state index < -0.39 is 15.9 Å². The summed E-state index contributed by atoms with van der Waals surface area (Å²) in [6.45, 7) is 2.46. The third kappa shape index (κ3) is 6.52. The summed E-state index contributed by atoms with van der Waals surface area (Å²) in [7, 11) is -3.80. The van der Waals surface area contributed by atoms with E-state index in [9.17, 15) is 13.2 Å². The van der Waals surface area contributed by atoms with Crippen molar-refractivity contribution in [2.45, 2.75) is 63.1 Å². The molecule has 2 aliphatic heterocycles. The average Bonchev–Trinajstić information content (AvgIpc) is 3.48. The summed E-state index contributed by atoms with van der Waals surface area (Å²) in [6, 6.07) is 11.5. The van der Waals surface area contributed by atoms with Gasteiger partial charge in [-0.25, -0.2) is 18.1 Å². The number of nitrogens with zero attached hydrogens (tertiary/aromatic N) is 2. The fraction of sp³-hybridized carbons (Fsp3) is 0.471. The van der Waals surface area contributed by atoms with E-state index in [4.69, 9.17) is 21.1 Å². The first-order valence-electron chi connectivity index (χ1n) is 15.8. The SMILES string of the molecule is O=C1NS(=O)(=O)CCC/C=C\[C@@H](OCc2nccs2)[C@@H]2CC[C@H]2CN2C[C@@]3(CCCc4cc(Cl)ccc43)COc3ccc1cc32. The van der Waals surface area contributed by atoms with E-state index in [1.807, 2.05) is 23.6 Å².